The summed E-state index contributed by atoms with van der Waals surface area (Å²) in [5.74, 6) is 0. The average Bonchev–Trinajstić information content (AvgIpc) is 2.81. The minimum atomic E-state index is 1.24. The second kappa shape index (κ2) is 4.56. The zero-order valence-electron chi connectivity index (χ0n) is 12.3. The van der Waals surface area contributed by atoms with E-state index in [1.807, 2.05) is 0 Å². The highest BCUT2D eigenvalue weighted by Crippen LogP contribution is 2.31. The average molecular weight is 267 g/mol. The summed E-state index contributed by atoms with van der Waals surface area (Å²) in [6, 6.07) is 24.0. The molecule has 98 valence electrons. The molecule has 0 fully saturated rings. The molecule has 4 rings (SSSR count). The number of hydrogen-bond acceptors (Lipinski definition) is 0. The van der Waals surface area contributed by atoms with Crippen LogP contribution in [0.5, 0.6) is 0 Å². The van der Waals surface area contributed by atoms with Crippen LogP contribution in [0.15, 0.2) is 66.7 Å². The molecule has 0 saturated carbocycles. The van der Waals surface area contributed by atoms with Gasteiger partial charge in [-0.2, -0.15) is 0 Å². The molecule has 0 aliphatic carbocycles. The Kier molecular flexibility index (Phi) is 2.68. The predicted molar refractivity (Wildman–Crippen MR) is 97.1 cm³/mol. The molecule has 3 heteroatoms. The molecule has 4 aromatic rings. The van der Waals surface area contributed by atoms with Crippen LogP contribution in [-0.4, -0.2) is 20.3 Å². The van der Waals surface area contributed by atoms with Gasteiger partial charge in [0.15, 0.2) is 0 Å². The highest BCUT2D eigenvalue weighted by molar-refractivity contribution is 6.38. The summed E-state index contributed by atoms with van der Waals surface area (Å²) in [5.41, 5.74) is 6.37. The molecule has 0 bridgehead atoms. The van der Waals surface area contributed by atoms with Crippen LogP contribution in [-0.2, 0) is 0 Å². The molecule has 0 radical (unpaired) electrons. The molecule has 21 heavy (non-hydrogen) atoms. The summed E-state index contributed by atoms with van der Waals surface area (Å²) in [6.07, 6.45) is 0. The Morgan fingerprint density at radius 1 is 0.619 bits per heavy atom. The van der Waals surface area contributed by atoms with E-state index in [1.54, 1.807) is 0 Å². The Balaban J connectivity index is 2.20. The molecule has 0 spiro atoms. The fourth-order valence-electron chi connectivity index (χ4n) is 3.28. The van der Waals surface area contributed by atoms with Crippen molar-refractivity contribution < 1.29 is 0 Å². The number of fused-ring (bicyclic) bond motifs is 3. The van der Waals surface area contributed by atoms with Crippen LogP contribution in [0.1, 0.15) is 0 Å². The fraction of sp³-hybridized carbons (Fsp3) is 0. The maximum atomic E-state index is 2.37. The standard InChI is InChI=1S/C18H15B2N/c19-12-9-13(20)11-14(10-12)21-17-7-3-1-5-15(17)16-6-2-4-8-18(16)21/h1-11H,19-20H2. The van der Waals surface area contributed by atoms with Crippen molar-refractivity contribution in [3.8, 4) is 5.69 Å². The molecule has 1 nitrogen and oxygen atoms in total. The third-order valence-corrected chi connectivity index (χ3v) is 4.04. The van der Waals surface area contributed by atoms with Crippen LogP contribution in [0.4, 0.5) is 0 Å². The largest absolute Gasteiger partial charge is 0.309 e. The van der Waals surface area contributed by atoms with Crippen LogP contribution in [0.2, 0.25) is 0 Å². The number of benzene rings is 3. The summed E-state index contributed by atoms with van der Waals surface area (Å²) in [6.45, 7) is 0. The maximum absolute atomic E-state index is 2.37. The molecule has 1 heterocycles. The molecule has 3 aromatic carbocycles. The number of nitrogens with zero attached hydrogens (tertiary/aromatic N) is 1. The van der Waals surface area contributed by atoms with Crippen molar-refractivity contribution >= 4 is 48.4 Å². The lowest BCUT2D eigenvalue weighted by atomic mass is 9.87. The fourth-order valence-corrected chi connectivity index (χ4v) is 3.28. The SMILES string of the molecule is Bc1cc(B)cc(-n2c3ccccc3c3ccccc32)c1. The third kappa shape index (κ3) is 1.89. The Morgan fingerprint density at radius 3 is 1.62 bits per heavy atom. The maximum Gasteiger partial charge on any atom is 0.139 e. The van der Waals surface area contributed by atoms with E-state index in [0.717, 1.165) is 0 Å². The summed E-state index contributed by atoms with van der Waals surface area (Å²) in [4.78, 5) is 0. The summed E-state index contributed by atoms with van der Waals surface area (Å²) >= 11 is 0. The Labute approximate surface area is 126 Å². The van der Waals surface area contributed by atoms with Gasteiger partial charge in [-0.1, -0.05) is 53.4 Å². The first kappa shape index (κ1) is 12.3. The van der Waals surface area contributed by atoms with Crippen LogP contribution in [0, 0.1) is 0 Å². The minimum absolute atomic E-state index is 1.24. The van der Waals surface area contributed by atoms with Crippen molar-refractivity contribution in [1.29, 1.82) is 0 Å². The van der Waals surface area contributed by atoms with Crippen molar-refractivity contribution in [2.24, 2.45) is 0 Å². The quantitative estimate of drug-likeness (QED) is 0.458. The molecule has 0 N–H and O–H groups in total. The molecule has 0 saturated heterocycles. The van der Waals surface area contributed by atoms with Gasteiger partial charge in [-0.25, -0.2) is 0 Å². The van der Waals surface area contributed by atoms with E-state index in [2.05, 4.69) is 87.0 Å². The van der Waals surface area contributed by atoms with Gasteiger partial charge in [-0.3, -0.25) is 0 Å². The van der Waals surface area contributed by atoms with Gasteiger partial charge >= 0.3 is 0 Å². The first-order valence-electron chi connectivity index (χ1n) is 7.31. The molecule has 0 aliphatic rings. The van der Waals surface area contributed by atoms with E-state index in [4.69, 9.17) is 0 Å². The van der Waals surface area contributed by atoms with Gasteiger partial charge in [0, 0.05) is 16.5 Å². The number of hydrogen-bond donors (Lipinski definition) is 0. The molecule has 0 unspecified atom stereocenters. The van der Waals surface area contributed by atoms with E-state index in [9.17, 15) is 0 Å². The number of aromatic nitrogens is 1. The molecule has 0 aliphatic heterocycles. The second-order valence-electron chi connectivity index (χ2n) is 5.72. The van der Waals surface area contributed by atoms with Crippen molar-refractivity contribution in [2.75, 3.05) is 0 Å². The summed E-state index contributed by atoms with van der Waals surface area (Å²) < 4.78 is 2.37. The normalized spacial score (nSPS) is 11.2. The zero-order valence-corrected chi connectivity index (χ0v) is 12.3. The van der Waals surface area contributed by atoms with Crippen molar-refractivity contribution in [2.45, 2.75) is 0 Å². The van der Waals surface area contributed by atoms with Gasteiger partial charge < -0.3 is 4.57 Å². The summed E-state index contributed by atoms with van der Waals surface area (Å²) in [5, 5.41) is 2.62. The van der Waals surface area contributed by atoms with Gasteiger partial charge in [-0.05, 0) is 24.3 Å². The monoisotopic (exact) mass is 267 g/mol. The highest BCUT2D eigenvalue weighted by atomic mass is 15.0. The predicted octanol–water partition coefficient (Wildman–Crippen LogP) is 1.30. The first-order chi connectivity index (χ1) is 10.2. The summed E-state index contributed by atoms with van der Waals surface area (Å²) in [7, 11) is 4.31. The second-order valence-corrected chi connectivity index (χ2v) is 5.72. The van der Waals surface area contributed by atoms with Crippen LogP contribution in [0.25, 0.3) is 27.5 Å². The topological polar surface area (TPSA) is 4.93 Å². The number of para-hydroxylation sites is 2. The van der Waals surface area contributed by atoms with Crippen molar-refractivity contribution in [3.05, 3.63) is 66.7 Å². The first-order valence-corrected chi connectivity index (χ1v) is 7.31. The number of rotatable bonds is 1. The Hall–Kier alpha value is -2.41. The lowest BCUT2D eigenvalue weighted by Gasteiger charge is -2.10. The van der Waals surface area contributed by atoms with Crippen molar-refractivity contribution in [3.63, 3.8) is 0 Å². The van der Waals surface area contributed by atoms with Gasteiger partial charge in [0.1, 0.15) is 15.7 Å². The van der Waals surface area contributed by atoms with E-state index in [1.165, 1.54) is 38.4 Å². The van der Waals surface area contributed by atoms with E-state index >= 15 is 0 Å². The molecule has 0 atom stereocenters. The van der Waals surface area contributed by atoms with E-state index in [0.29, 0.717) is 0 Å². The third-order valence-electron chi connectivity index (χ3n) is 4.04. The van der Waals surface area contributed by atoms with Crippen LogP contribution in [0.3, 0.4) is 0 Å². The Bertz CT molecular complexity index is 896. The van der Waals surface area contributed by atoms with Crippen molar-refractivity contribution in [1.82, 2.24) is 4.57 Å². The van der Waals surface area contributed by atoms with E-state index < -0.39 is 0 Å². The Morgan fingerprint density at radius 2 is 1.10 bits per heavy atom. The van der Waals surface area contributed by atoms with Gasteiger partial charge in [0.25, 0.3) is 0 Å². The van der Waals surface area contributed by atoms with Gasteiger partial charge in [0.2, 0.25) is 0 Å². The molecule has 0 amide bonds. The van der Waals surface area contributed by atoms with Crippen LogP contribution >= 0.6 is 0 Å². The molecular weight excluding hydrogens is 252 g/mol. The van der Waals surface area contributed by atoms with E-state index in [-0.39, 0.29) is 0 Å². The lowest BCUT2D eigenvalue weighted by Crippen LogP contribution is -2.15. The van der Waals surface area contributed by atoms with Gasteiger partial charge in [-0.15, -0.1) is 0 Å². The van der Waals surface area contributed by atoms with Gasteiger partial charge in [0.05, 0.1) is 11.0 Å². The molecular formula is C18H15B2N. The highest BCUT2D eigenvalue weighted by Gasteiger charge is 2.11. The minimum Gasteiger partial charge on any atom is -0.309 e. The smallest absolute Gasteiger partial charge is 0.139 e. The van der Waals surface area contributed by atoms with Crippen LogP contribution < -0.4 is 10.9 Å². The zero-order chi connectivity index (χ0) is 14.4. The molecule has 1 aromatic heterocycles. The lowest BCUT2D eigenvalue weighted by molar-refractivity contribution is 1.19.